The van der Waals surface area contributed by atoms with E-state index in [1.54, 1.807) is 0 Å². The normalized spacial score (nSPS) is 27.5. The van der Waals surface area contributed by atoms with Gasteiger partial charge in [-0.1, -0.05) is 0 Å². The van der Waals surface area contributed by atoms with E-state index in [1.807, 2.05) is 0 Å². The fourth-order valence-corrected chi connectivity index (χ4v) is 2.33. The van der Waals surface area contributed by atoms with E-state index in [0.717, 1.165) is 26.1 Å². The molecular formula is C10H16N2O3. The van der Waals surface area contributed by atoms with Crippen LogP contribution in [0, 0.1) is 5.92 Å². The lowest BCUT2D eigenvalue weighted by atomic mass is 9.96. The van der Waals surface area contributed by atoms with E-state index in [2.05, 4.69) is 10.2 Å². The minimum atomic E-state index is -0.714. The lowest BCUT2D eigenvalue weighted by Gasteiger charge is -2.39. The minimum Gasteiger partial charge on any atom is -0.481 e. The van der Waals surface area contributed by atoms with Crippen LogP contribution in [0.4, 0.5) is 0 Å². The van der Waals surface area contributed by atoms with Crippen molar-refractivity contribution in [1.82, 2.24) is 10.2 Å². The van der Waals surface area contributed by atoms with E-state index in [0.29, 0.717) is 12.3 Å². The van der Waals surface area contributed by atoms with Gasteiger partial charge in [0.1, 0.15) is 0 Å². The Morgan fingerprint density at radius 1 is 1.53 bits per heavy atom. The first-order chi connectivity index (χ1) is 7.13. The van der Waals surface area contributed by atoms with Crippen molar-refractivity contribution >= 4 is 11.9 Å². The molecular weight excluding hydrogens is 196 g/mol. The molecule has 15 heavy (non-hydrogen) atoms. The van der Waals surface area contributed by atoms with Gasteiger partial charge in [0, 0.05) is 32.1 Å². The number of aliphatic carboxylic acids is 1. The molecule has 2 N–H and O–H groups in total. The van der Waals surface area contributed by atoms with Gasteiger partial charge in [0.25, 0.3) is 0 Å². The van der Waals surface area contributed by atoms with Crippen molar-refractivity contribution in [1.29, 1.82) is 0 Å². The molecule has 1 atom stereocenters. The molecule has 0 saturated carbocycles. The smallest absolute Gasteiger partial charge is 0.303 e. The number of hydrogen-bond donors (Lipinski definition) is 2. The molecule has 0 radical (unpaired) electrons. The number of carboxylic acid groups (broad SMARTS) is 1. The van der Waals surface area contributed by atoms with Crippen molar-refractivity contribution in [3.05, 3.63) is 0 Å². The van der Waals surface area contributed by atoms with Crippen LogP contribution in [-0.2, 0) is 9.59 Å². The van der Waals surface area contributed by atoms with Crippen molar-refractivity contribution in [3.63, 3.8) is 0 Å². The Morgan fingerprint density at radius 2 is 2.27 bits per heavy atom. The summed E-state index contributed by atoms with van der Waals surface area (Å²) in [6, 6.07) is 0.281. The molecule has 0 bridgehead atoms. The zero-order chi connectivity index (χ0) is 10.8. The number of amides is 1. The predicted molar refractivity (Wildman–Crippen MR) is 53.3 cm³/mol. The van der Waals surface area contributed by atoms with Crippen LogP contribution in [0.3, 0.4) is 0 Å². The number of rotatable bonds is 4. The van der Waals surface area contributed by atoms with Crippen molar-refractivity contribution in [2.75, 3.05) is 19.6 Å². The van der Waals surface area contributed by atoms with Gasteiger partial charge >= 0.3 is 5.97 Å². The van der Waals surface area contributed by atoms with Gasteiger partial charge in [0.15, 0.2) is 0 Å². The van der Waals surface area contributed by atoms with Gasteiger partial charge in [-0.2, -0.15) is 0 Å². The molecule has 0 spiro atoms. The van der Waals surface area contributed by atoms with Crippen LogP contribution in [0.25, 0.3) is 0 Å². The van der Waals surface area contributed by atoms with Gasteiger partial charge in [-0.05, 0) is 12.3 Å². The van der Waals surface area contributed by atoms with E-state index >= 15 is 0 Å². The molecule has 2 rings (SSSR count). The Bertz CT molecular complexity index is 274. The Morgan fingerprint density at radius 3 is 2.80 bits per heavy atom. The number of nitrogens with zero attached hydrogens (tertiary/aromatic N) is 1. The fourth-order valence-electron chi connectivity index (χ4n) is 2.33. The molecule has 1 amide bonds. The highest BCUT2D eigenvalue weighted by Gasteiger charge is 2.31. The Labute approximate surface area is 88.4 Å². The number of nitrogens with one attached hydrogen (secondary N) is 1. The third kappa shape index (κ3) is 2.68. The van der Waals surface area contributed by atoms with Crippen molar-refractivity contribution in [2.24, 2.45) is 5.92 Å². The molecule has 5 heteroatoms. The number of carbonyl (C=O) groups is 2. The van der Waals surface area contributed by atoms with Gasteiger partial charge in [0.05, 0.1) is 6.42 Å². The SMILES string of the molecule is O=C(O)CC1CN(CC2CCC(=O)N2)C1. The first-order valence-corrected chi connectivity index (χ1v) is 5.37. The Kier molecular flexibility index (Phi) is 2.90. The summed E-state index contributed by atoms with van der Waals surface area (Å²) < 4.78 is 0. The summed E-state index contributed by atoms with van der Waals surface area (Å²) >= 11 is 0. The molecule has 2 saturated heterocycles. The summed E-state index contributed by atoms with van der Waals surface area (Å²) in [6.45, 7) is 2.60. The summed E-state index contributed by atoms with van der Waals surface area (Å²) in [5.74, 6) is -0.268. The molecule has 84 valence electrons. The largest absolute Gasteiger partial charge is 0.481 e. The second-order valence-corrected chi connectivity index (χ2v) is 4.49. The van der Waals surface area contributed by atoms with Crippen molar-refractivity contribution in [3.8, 4) is 0 Å². The Hall–Kier alpha value is -1.10. The van der Waals surface area contributed by atoms with Gasteiger partial charge in [0.2, 0.25) is 5.91 Å². The number of carboxylic acids is 1. The standard InChI is InChI=1S/C10H16N2O3/c13-9-2-1-8(11-9)6-12-4-7(5-12)3-10(14)15/h7-8H,1-6H2,(H,11,13)(H,14,15). The van der Waals surface area contributed by atoms with Crippen LogP contribution in [0.5, 0.6) is 0 Å². The molecule has 2 fully saturated rings. The topological polar surface area (TPSA) is 69.6 Å². The van der Waals surface area contributed by atoms with Crippen molar-refractivity contribution < 1.29 is 14.7 Å². The van der Waals surface area contributed by atoms with Crippen LogP contribution in [-0.4, -0.2) is 47.6 Å². The summed E-state index contributed by atoms with van der Waals surface area (Å²) in [7, 11) is 0. The van der Waals surface area contributed by atoms with E-state index in [9.17, 15) is 9.59 Å². The molecule has 2 aliphatic heterocycles. The maximum absolute atomic E-state index is 10.9. The van der Waals surface area contributed by atoms with Crippen LogP contribution in [0.2, 0.25) is 0 Å². The quantitative estimate of drug-likeness (QED) is 0.669. The highest BCUT2D eigenvalue weighted by atomic mass is 16.4. The molecule has 0 aromatic carbocycles. The summed E-state index contributed by atoms with van der Waals surface area (Å²) in [4.78, 5) is 23.6. The first kappa shape index (κ1) is 10.4. The van der Waals surface area contributed by atoms with E-state index < -0.39 is 5.97 Å². The average molecular weight is 212 g/mol. The molecule has 0 aromatic rings. The molecule has 5 nitrogen and oxygen atoms in total. The predicted octanol–water partition coefficient (Wildman–Crippen LogP) is -0.329. The van der Waals surface area contributed by atoms with Gasteiger partial charge in [-0.25, -0.2) is 0 Å². The first-order valence-electron chi connectivity index (χ1n) is 5.37. The molecule has 0 aromatic heterocycles. The molecule has 0 aliphatic carbocycles. The summed E-state index contributed by atoms with van der Waals surface area (Å²) in [5, 5.41) is 11.5. The minimum absolute atomic E-state index is 0.141. The fraction of sp³-hybridized carbons (Fsp3) is 0.800. The molecule has 2 heterocycles. The summed E-state index contributed by atoms with van der Waals surface area (Å²) in [5.41, 5.74) is 0. The van der Waals surface area contributed by atoms with Crippen LogP contribution >= 0.6 is 0 Å². The van der Waals surface area contributed by atoms with Crippen LogP contribution < -0.4 is 5.32 Å². The van der Waals surface area contributed by atoms with Gasteiger partial charge in [-0.15, -0.1) is 0 Å². The lowest BCUT2D eigenvalue weighted by Crippen LogP contribution is -2.51. The molecule has 1 unspecified atom stereocenters. The maximum Gasteiger partial charge on any atom is 0.303 e. The third-order valence-electron chi connectivity index (χ3n) is 3.06. The van der Waals surface area contributed by atoms with Gasteiger partial charge < -0.3 is 15.3 Å². The zero-order valence-electron chi connectivity index (χ0n) is 8.61. The van der Waals surface area contributed by atoms with Crippen LogP contribution in [0.15, 0.2) is 0 Å². The van der Waals surface area contributed by atoms with Gasteiger partial charge in [-0.3, -0.25) is 9.59 Å². The van der Waals surface area contributed by atoms with Crippen molar-refractivity contribution in [2.45, 2.75) is 25.3 Å². The average Bonchev–Trinajstić information content (AvgIpc) is 2.47. The number of likely N-dealkylation sites (tertiary alicyclic amines) is 1. The second-order valence-electron chi connectivity index (χ2n) is 4.49. The zero-order valence-corrected chi connectivity index (χ0v) is 8.61. The highest BCUT2D eigenvalue weighted by molar-refractivity contribution is 5.78. The van der Waals surface area contributed by atoms with Crippen LogP contribution in [0.1, 0.15) is 19.3 Å². The maximum atomic E-state index is 10.9. The molecule has 2 aliphatic rings. The third-order valence-corrected chi connectivity index (χ3v) is 3.06. The monoisotopic (exact) mass is 212 g/mol. The number of carbonyl (C=O) groups excluding carboxylic acids is 1. The number of hydrogen-bond acceptors (Lipinski definition) is 3. The second kappa shape index (κ2) is 4.18. The van der Waals surface area contributed by atoms with E-state index in [4.69, 9.17) is 5.11 Å². The summed E-state index contributed by atoms with van der Waals surface area (Å²) in [6.07, 6.45) is 1.82. The Balaban J connectivity index is 1.63. The lowest BCUT2D eigenvalue weighted by molar-refractivity contribution is -0.139. The van der Waals surface area contributed by atoms with E-state index in [-0.39, 0.29) is 18.4 Å². The van der Waals surface area contributed by atoms with E-state index in [1.165, 1.54) is 0 Å². The highest BCUT2D eigenvalue weighted by Crippen LogP contribution is 2.20.